The maximum Gasteiger partial charge on any atom is 0.267 e. The summed E-state index contributed by atoms with van der Waals surface area (Å²) in [5.74, 6) is -0.0338. The standard InChI is InChI=1S/C18H16ClN3O3/c1-3-22-13-7-5-4-6-12(13)16(25-2)15(18(22)24)17(23)21-14-9-8-11(19)10-20-14/h4-10H,3H2,1-2H3,(H,20,21,23). The highest BCUT2D eigenvalue weighted by Crippen LogP contribution is 2.27. The van der Waals surface area contributed by atoms with Crippen molar-refractivity contribution >= 4 is 34.2 Å². The van der Waals surface area contributed by atoms with Crippen LogP contribution in [0.15, 0.2) is 47.4 Å². The van der Waals surface area contributed by atoms with Crippen LogP contribution in [0.25, 0.3) is 10.9 Å². The summed E-state index contributed by atoms with van der Waals surface area (Å²) >= 11 is 5.79. The van der Waals surface area contributed by atoms with Crippen LogP contribution in [0, 0.1) is 0 Å². The molecule has 0 unspecified atom stereocenters. The molecule has 2 aromatic heterocycles. The fraction of sp³-hybridized carbons (Fsp3) is 0.167. The van der Waals surface area contributed by atoms with Crippen molar-refractivity contribution in [2.45, 2.75) is 13.5 Å². The number of benzene rings is 1. The van der Waals surface area contributed by atoms with E-state index < -0.39 is 11.5 Å². The number of nitrogens with zero attached hydrogens (tertiary/aromatic N) is 2. The SMILES string of the molecule is CCn1c(=O)c(C(=O)Nc2ccc(Cl)cn2)c(OC)c2ccccc21. The van der Waals surface area contributed by atoms with Gasteiger partial charge in [0.2, 0.25) is 0 Å². The topological polar surface area (TPSA) is 73.2 Å². The third-order valence-electron chi connectivity index (χ3n) is 3.84. The van der Waals surface area contributed by atoms with Crippen LogP contribution in [0.5, 0.6) is 5.75 Å². The number of halogens is 1. The second-order valence-corrected chi connectivity index (χ2v) is 5.73. The van der Waals surface area contributed by atoms with Crippen LogP contribution in [0.3, 0.4) is 0 Å². The van der Waals surface area contributed by atoms with Crippen LogP contribution in [-0.4, -0.2) is 22.6 Å². The number of methoxy groups -OCH3 is 1. The van der Waals surface area contributed by atoms with Crippen molar-refractivity contribution < 1.29 is 9.53 Å². The second kappa shape index (κ2) is 6.94. The van der Waals surface area contributed by atoms with E-state index in [1.165, 1.54) is 13.3 Å². The molecule has 0 saturated carbocycles. The van der Waals surface area contributed by atoms with E-state index in [1.54, 1.807) is 16.7 Å². The summed E-state index contributed by atoms with van der Waals surface area (Å²) in [5.41, 5.74) is 0.248. The van der Waals surface area contributed by atoms with Gasteiger partial charge in [-0.15, -0.1) is 0 Å². The minimum absolute atomic E-state index is 0.0557. The van der Waals surface area contributed by atoms with Crippen molar-refractivity contribution in [3.05, 3.63) is 63.5 Å². The lowest BCUT2D eigenvalue weighted by atomic mass is 10.1. The molecule has 25 heavy (non-hydrogen) atoms. The van der Waals surface area contributed by atoms with Crippen molar-refractivity contribution in [2.75, 3.05) is 12.4 Å². The van der Waals surface area contributed by atoms with Crippen LogP contribution in [0.4, 0.5) is 5.82 Å². The molecule has 0 aliphatic rings. The number of ether oxygens (including phenoxy) is 1. The van der Waals surface area contributed by atoms with Gasteiger partial charge in [-0.05, 0) is 31.2 Å². The van der Waals surface area contributed by atoms with Gasteiger partial charge in [0.15, 0.2) is 0 Å². The summed E-state index contributed by atoms with van der Waals surface area (Å²) in [6.45, 7) is 2.28. The highest BCUT2D eigenvalue weighted by Gasteiger charge is 2.23. The molecule has 0 aliphatic carbocycles. The zero-order valence-corrected chi connectivity index (χ0v) is 14.5. The van der Waals surface area contributed by atoms with Crippen LogP contribution in [-0.2, 0) is 6.54 Å². The Morgan fingerprint density at radius 1 is 1.28 bits per heavy atom. The summed E-state index contributed by atoms with van der Waals surface area (Å²) in [6, 6.07) is 10.5. The molecule has 1 aromatic carbocycles. The van der Waals surface area contributed by atoms with Gasteiger partial charge in [0.05, 0.1) is 17.6 Å². The summed E-state index contributed by atoms with van der Waals surface area (Å²) in [5, 5.41) is 3.76. The number of hydrogen-bond acceptors (Lipinski definition) is 4. The molecule has 1 amide bonds. The normalized spacial score (nSPS) is 10.7. The third kappa shape index (κ3) is 3.08. The molecular formula is C18H16ClN3O3. The Morgan fingerprint density at radius 3 is 2.68 bits per heavy atom. The smallest absolute Gasteiger partial charge is 0.267 e. The molecule has 0 radical (unpaired) electrons. The first kappa shape index (κ1) is 17.0. The Bertz CT molecular complexity index is 997. The number of anilines is 1. The maximum absolute atomic E-state index is 12.9. The molecule has 0 spiro atoms. The van der Waals surface area contributed by atoms with Gasteiger partial charge < -0.3 is 14.6 Å². The van der Waals surface area contributed by atoms with E-state index in [9.17, 15) is 9.59 Å². The minimum Gasteiger partial charge on any atom is -0.495 e. The molecule has 1 N–H and O–H groups in total. The van der Waals surface area contributed by atoms with Crippen molar-refractivity contribution in [1.82, 2.24) is 9.55 Å². The third-order valence-corrected chi connectivity index (χ3v) is 4.07. The van der Waals surface area contributed by atoms with E-state index in [-0.39, 0.29) is 11.3 Å². The number of rotatable bonds is 4. The number of aromatic nitrogens is 2. The number of carbonyl (C=O) groups excluding carboxylic acids is 1. The van der Waals surface area contributed by atoms with Gasteiger partial charge in [-0.3, -0.25) is 9.59 Å². The summed E-state index contributed by atoms with van der Waals surface area (Å²) in [7, 11) is 1.44. The molecule has 0 atom stereocenters. The zero-order chi connectivity index (χ0) is 18.0. The predicted octanol–water partition coefficient (Wildman–Crippen LogP) is 3.33. The van der Waals surface area contributed by atoms with E-state index in [4.69, 9.17) is 16.3 Å². The second-order valence-electron chi connectivity index (χ2n) is 5.29. The van der Waals surface area contributed by atoms with Gasteiger partial charge in [0.1, 0.15) is 17.1 Å². The molecular weight excluding hydrogens is 342 g/mol. The largest absolute Gasteiger partial charge is 0.495 e. The van der Waals surface area contributed by atoms with E-state index >= 15 is 0 Å². The van der Waals surface area contributed by atoms with Crippen molar-refractivity contribution in [1.29, 1.82) is 0 Å². The minimum atomic E-state index is -0.579. The highest BCUT2D eigenvalue weighted by atomic mass is 35.5. The number of aryl methyl sites for hydroxylation is 1. The first-order valence-corrected chi connectivity index (χ1v) is 8.07. The number of pyridine rings is 2. The Labute approximate surface area is 149 Å². The molecule has 0 aliphatic heterocycles. The summed E-state index contributed by atoms with van der Waals surface area (Å²) in [4.78, 5) is 29.6. The van der Waals surface area contributed by atoms with E-state index in [2.05, 4.69) is 10.3 Å². The fourth-order valence-corrected chi connectivity index (χ4v) is 2.84. The average molecular weight is 358 g/mol. The van der Waals surface area contributed by atoms with Gasteiger partial charge in [-0.25, -0.2) is 4.98 Å². The molecule has 128 valence electrons. The van der Waals surface area contributed by atoms with E-state index in [0.717, 1.165) is 0 Å². The number of para-hydroxylation sites is 1. The van der Waals surface area contributed by atoms with E-state index in [0.29, 0.717) is 28.3 Å². The molecule has 0 saturated heterocycles. The van der Waals surface area contributed by atoms with Gasteiger partial charge >= 0.3 is 0 Å². The highest BCUT2D eigenvalue weighted by molar-refractivity contribution is 6.30. The first-order chi connectivity index (χ1) is 12.1. The van der Waals surface area contributed by atoms with Crippen LogP contribution in [0.2, 0.25) is 5.02 Å². The summed E-state index contributed by atoms with van der Waals surface area (Å²) in [6.07, 6.45) is 1.42. The Morgan fingerprint density at radius 2 is 2.04 bits per heavy atom. The number of hydrogen-bond donors (Lipinski definition) is 1. The molecule has 2 heterocycles. The number of fused-ring (bicyclic) bond motifs is 1. The summed E-state index contributed by atoms with van der Waals surface area (Å²) < 4.78 is 6.94. The fourth-order valence-electron chi connectivity index (χ4n) is 2.73. The van der Waals surface area contributed by atoms with Gasteiger partial charge in [0.25, 0.3) is 11.5 Å². The molecule has 0 fully saturated rings. The van der Waals surface area contributed by atoms with E-state index in [1.807, 2.05) is 31.2 Å². The Kier molecular flexibility index (Phi) is 4.72. The number of nitrogens with one attached hydrogen (secondary N) is 1. The molecule has 6 nitrogen and oxygen atoms in total. The lowest BCUT2D eigenvalue weighted by molar-refractivity contribution is 0.102. The number of amides is 1. The Hall–Kier alpha value is -2.86. The average Bonchev–Trinajstić information content (AvgIpc) is 2.62. The molecule has 3 aromatic rings. The predicted molar refractivity (Wildman–Crippen MR) is 97.6 cm³/mol. The molecule has 7 heteroatoms. The van der Waals surface area contributed by atoms with Crippen LogP contribution < -0.4 is 15.6 Å². The number of carbonyl (C=O) groups is 1. The zero-order valence-electron chi connectivity index (χ0n) is 13.7. The van der Waals surface area contributed by atoms with Gasteiger partial charge in [0, 0.05) is 18.1 Å². The quantitative estimate of drug-likeness (QED) is 0.777. The lowest BCUT2D eigenvalue weighted by Gasteiger charge is -2.15. The van der Waals surface area contributed by atoms with Crippen molar-refractivity contribution in [2.24, 2.45) is 0 Å². The van der Waals surface area contributed by atoms with Crippen molar-refractivity contribution in [3.63, 3.8) is 0 Å². The molecule has 0 bridgehead atoms. The Balaban J connectivity index is 2.17. The monoisotopic (exact) mass is 357 g/mol. The lowest BCUT2D eigenvalue weighted by Crippen LogP contribution is -2.30. The van der Waals surface area contributed by atoms with Crippen molar-refractivity contribution in [3.8, 4) is 5.75 Å². The first-order valence-electron chi connectivity index (χ1n) is 7.69. The van der Waals surface area contributed by atoms with Crippen LogP contribution in [0.1, 0.15) is 17.3 Å². The van der Waals surface area contributed by atoms with Crippen LogP contribution >= 0.6 is 11.6 Å². The maximum atomic E-state index is 12.9. The van der Waals surface area contributed by atoms with Gasteiger partial charge in [-0.2, -0.15) is 0 Å². The van der Waals surface area contributed by atoms with Gasteiger partial charge in [-0.1, -0.05) is 23.7 Å². The molecule has 3 rings (SSSR count).